The molecule has 1 aliphatic heterocycles. The first-order chi connectivity index (χ1) is 15.1. The third-order valence-corrected chi connectivity index (χ3v) is 5.85. The van der Waals surface area contributed by atoms with Crippen LogP contribution in [0, 0.1) is 0 Å². The van der Waals surface area contributed by atoms with E-state index in [1.165, 1.54) is 22.4 Å². The molecule has 1 fully saturated rings. The van der Waals surface area contributed by atoms with Crippen LogP contribution in [0.2, 0.25) is 0 Å². The maximum Gasteiger partial charge on any atom is 0.334 e. The van der Waals surface area contributed by atoms with Gasteiger partial charge in [0.05, 0.1) is 5.52 Å². The minimum atomic E-state index is -0.494. The Morgan fingerprint density at radius 1 is 0.968 bits per heavy atom. The maximum atomic E-state index is 12.2. The van der Waals surface area contributed by atoms with E-state index >= 15 is 0 Å². The molecule has 1 saturated heterocycles. The number of anilines is 1. The highest BCUT2D eigenvalue weighted by Crippen LogP contribution is 2.26. The second kappa shape index (κ2) is 7.88. The van der Waals surface area contributed by atoms with Crippen molar-refractivity contribution in [3.63, 3.8) is 0 Å². The van der Waals surface area contributed by atoms with Crippen molar-refractivity contribution < 1.29 is 0 Å². The third-order valence-electron chi connectivity index (χ3n) is 5.85. The van der Waals surface area contributed by atoms with Crippen LogP contribution in [0.25, 0.3) is 16.7 Å². The van der Waals surface area contributed by atoms with E-state index in [1.54, 1.807) is 4.68 Å². The smallest absolute Gasteiger partial charge is 0.334 e. The number of nitrogens with one attached hydrogen (secondary N) is 1. The van der Waals surface area contributed by atoms with Crippen molar-refractivity contribution in [1.82, 2.24) is 24.2 Å². The van der Waals surface area contributed by atoms with E-state index in [0.29, 0.717) is 5.82 Å². The number of piperazine rings is 1. The molecule has 31 heavy (non-hydrogen) atoms. The summed E-state index contributed by atoms with van der Waals surface area (Å²) in [6.45, 7) is 4.92. The van der Waals surface area contributed by atoms with Crippen LogP contribution in [0.5, 0.6) is 0 Å². The van der Waals surface area contributed by atoms with Crippen LogP contribution >= 0.6 is 0 Å². The molecule has 2 aromatic heterocycles. The van der Waals surface area contributed by atoms with Gasteiger partial charge in [-0.15, -0.1) is 0 Å². The molecule has 8 heteroatoms. The van der Waals surface area contributed by atoms with Gasteiger partial charge in [-0.25, -0.2) is 4.79 Å². The van der Waals surface area contributed by atoms with Gasteiger partial charge in [-0.05, 0) is 23.8 Å². The average molecular weight is 416 g/mol. The molecule has 0 spiro atoms. The quantitative estimate of drug-likeness (QED) is 0.548. The van der Waals surface area contributed by atoms with Crippen molar-refractivity contribution in [2.45, 2.75) is 6.54 Å². The highest BCUT2D eigenvalue weighted by atomic mass is 16.2. The van der Waals surface area contributed by atoms with E-state index in [0.717, 1.165) is 49.3 Å². The van der Waals surface area contributed by atoms with E-state index in [4.69, 9.17) is 0 Å². The molecule has 0 bridgehead atoms. The Labute approximate surface area is 179 Å². The molecular formula is C23H24N6O2. The first-order valence-electron chi connectivity index (χ1n) is 10.4. The summed E-state index contributed by atoms with van der Waals surface area (Å²) in [4.78, 5) is 30.8. The summed E-state index contributed by atoms with van der Waals surface area (Å²) in [6, 6.07) is 18.1. The van der Waals surface area contributed by atoms with Crippen molar-refractivity contribution in [3.8, 4) is 5.82 Å². The number of aromatic nitrogens is 4. The summed E-state index contributed by atoms with van der Waals surface area (Å²) in [5.74, 6) is 0.512. The molecule has 1 aliphatic rings. The fraction of sp³-hybridized carbons (Fsp3) is 0.261. The lowest BCUT2D eigenvalue weighted by Crippen LogP contribution is -2.45. The van der Waals surface area contributed by atoms with Gasteiger partial charge in [-0.3, -0.25) is 23.9 Å². The minimum absolute atomic E-state index is 0.421. The number of aryl methyl sites for hydroxylation is 1. The molecule has 0 aliphatic carbocycles. The van der Waals surface area contributed by atoms with E-state index < -0.39 is 11.2 Å². The average Bonchev–Trinajstić information content (AvgIpc) is 3.11. The first kappa shape index (κ1) is 19.3. The van der Waals surface area contributed by atoms with E-state index in [9.17, 15) is 9.59 Å². The van der Waals surface area contributed by atoms with Crippen LogP contribution in [0.15, 0.2) is 70.4 Å². The van der Waals surface area contributed by atoms with Crippen LogP contribution < -0.4 is 16.1 Å². The zero-order valence-corrected chi connectivity index (χ0v) is 17.4. The molecule has 0 atom stereocenters. The van der Waals surface area contributed by atoms with Crippen molar-refractivity contribution >= 4 is 16.6 Å². The summed E-state index contributed by atoms with van der Waals surface area (Å²) in [5, 5.41) is 5.39. The number of hydrogen-bond acceptors (Lipinski definition) is 5. The summed E-state index contributed by atoms with van der Waals surface area (Å²) in [5.41, 5.74) is 2.52. The van der Waals surface area contributed by atoms with Gasteiger partial charge in [0.1, 0.15) is 0 Å². The lowest BCUT2D eigenvalue weighted by atomic mass is 10.1. The van der Waals surface area contributed by atoms with Crippen molar-refractivity contribution in [3.05, 3.63) is 87.2 Å². The summed E-state index contributed by atoms with van der Waals surface area (Å²) in [7, 11) is 1.87. The van der Waals surface area contributed by atoms with Crippen LogP contribution in [0.3, 0.4) is 0 Å². The number of aromatic amines is 1. The molecule has 0 amide bonds. The lowest BCUT2D eigenvalue weighted by molar-refractivity contribution is 0.250. The Balaban J connectivity index is 1.37. The van der Waals surface area contributed by atoms with E-state index in [2.05, 4.69) is 62.3 Å². The molecule has 0 unspecified atom stereocenters. The van der Waals surface area contributed by atoms with Gasteiger partial charge in [0.25, 0.3) is 5.56 Å². The van der Waals surface area contributed by atoms with Gasteiger partial charge in [0.15, 0.2) is 5.82 Å². The van der Waals surface area contributed by atoms with Gasteiger partial charge in [-0.2, -0.15) is 5.10 Å². The minimum Gasteiger partial charge on any atom is -0.369 e. The molecule has 3 heterocycles. The predicted octanol–water partition coefficient (Wildman–Crippen LogP) is 1.73. The molecule has 158 valence electrons. The Morgan fingerprint density at radius 2 is 1.74 bits per heavy atom. The number of fused-ring (bicyclic) bond motifs is 1. The van der Waals surface area contributed by atoms with Crippen LogP contribution in [-0.4, -0.2) is 50.4 Å². The molecule has 5 rings (SSSR count). The Hall–Kier alpha value is -3.65. The number of benzene rings is 2. The maximum absolute atomic E-state index is 12.2. The molecular weight excluding hydrogens is 392 g/mol. The molecule has 0 saturated carbocycles. The van der Waals surface area contributed by atoms with Gasteiger partial charge >= 0.3 is 5.69 Å². The highest BCUT2D eigenvalue weighted by molar-refractivity contribution is 5.89. The highest BCUT2D eigenvalue weighted by Gasteiger charge is 2.19. The lowest BCUT2D eigenvalue weighted by Gasteiger charge is -2.36. The van der Waals surface area contributed by atoms with Crippen LogP contribution in [-0.2, 0) is 13.6 Å². The molecule has 4 aromatic rings. The van der Waals surface area contributed by atoms with Crippen LogP contribution in [0.1, 0.15) is 5.56 Å². The topological polar surface area (TPSA) is 79.2 Å². The van der Waals surface area contributed by atoms with Gasteiger partial charge in [0.2, 0.25) is 0 Å². The second-order valence-corrected chi connectivity index (χ2v) is 7.88. The SMILES string of the molecule is Cn1nc(-n2ccc(=O)[nH]c2=O)c2ccc(N3CCN(Cc4ccccc4)CC3)cc21. The largest absolute Gasteiger partial charge is 0.369 e. The number of nitrogens with zero attached hydrogens (tertiary/aromatic N) is 5. The van der Waals surface area contributed by atoms with Gasteiger partial charge in [-0.1, -0.05) is 30.3 Å². The molecule has 1 N–H and O–H groups in total. The fourth-order valence-corrected chi connectivity index (χ4v) is 4.19. The third kappa shape index (κ3) is 3.77. The zero-order valence-electron chi connectivity index (χ0n) is 17.4. The predicted molar refractivity (Wildman–Crippen MR) is 121 cm³/mol. The van der Waals surface area contributed by atoms with Crippen molar-refractivity contribution in [1.29, 1.82) is 0 Å². The van der Waals surface area contributed by atoms with E-state index in [1.807, 2.05) is 13.1 Å². The molecule has 8 nitrogen and oxygen atoms in total. The van der Waals surface area contributed by atoms with Crippen molar-refractivity contribution in [2.75, 3.05) is 31.1 Å². The Kier molecular flexibility index (Phi) is 4.91. The number of rotatable bonds is 4. The standard InChI is InChI=1S/C23H24N6O2/c1-26-20-15-18(28-13-11-27(12-14-28)16-17-5-3-2-4-6-17)7-8-19(20)22(25-26)29-10-9-21(30)24-23(29)31/h2-10,15H,11-14,16H2,1H3,(H,24,30,31). The zero-order chi connectivity index (χ0) is 21.4. The van der Waals surface area contributed by atoms with Gasteiger partial charge in [0, 0.05) is 63.1 Å². The van der Waals surface area contributed by atoms with Crippen molar-refractivity contribution in [2.24, 2.45) is 7.05 Å². The summed E-state index contributed by atoms with van der Waals surface area (Å²) >= 11 is 0. The van der Waals surface area contributed by atoms with Gasteiger partial charge < -0.3 is 4.90 Å². The van der Waals surface area contributed by atoms with E-state index in [-0.39, 0.29) is 0 Å². The number of hydrogen-bond donors (Lipinski definition) is 1. The summed E-state index contributed by atoms with van der Waals surface area (Å²) in [6.07, 6.45) is 1.46. The Bertz CT molecular complexity index is 1330. The monoisotopic (exact) mass is 416 g/mol. The first-order valence-corrected chi connectivity index (χ1v) is 10.4. The second-order valence-electron chi connectivity index (χ2n) is 7.88. The fourth-order valence-electron chi connectivity index (χ4n) is 4.19. The summed E-state index contributed by atoms with van der Waals surface area (Å²) < 4.78 is 3.14. The molecule has 2 aromatic carbocycles. The van der Waals surface area contributed by atoms with Crippen LogP contribution in [0.4, 0.5) is 5.69 Å². The molecule has 0 radical (unpaired) electrons. The normalized spacial score (nSPS) is 14.9. The number of H-pyrrole nitrogens is 1. The Morgan fingerprint density at radius 3 is 2.48 bits per heavy atom.